The van der Waals surface area contributed by atoms with Gasteiger partial charge in [-0.15, -0.1) is 0 Å². The van der Waals surface area contributed by atoms with Gasteiger partial charge in [0.25, 0.3) is 6.43 Å². The van der Waals surface area contributed by atoms with Crippen LogP contribution in [0.3, 0.4) is 0 Å². The summed E-state index contributed by atoms with van der Waals surface area (Å²) in [6, 6.07) is 5.24. The SMILES string of the molecule is CC(C)(C)Cn1cc([C@H](NS(=O)C(C)(C)C)C(F)F)c2cc(F)c(-c3ccccc3C(F)(F)F)cc21. The van der Waals surface area contributed by atoms with Gasteiger partial charge in [0.1, 0.15) is 11.9 Å². The molecule has 2 aromatic carbocycles. The molecule has 1 heterocycles. The van der Waals surface area contributed by atoms with Crippen LogP contribution >= 0.6 is 0 Å². The molecule has 10 heteroatoms. The second-order valence-electron chi connectivity index (χ2n) is 11.0. The Labute approximate surface area is 209 Å². The summed E-state index contributed by atoms with van der Waals surface area (Å²) < 4.78 is 101. The predicted molar refractivity (Wildman–Crippen MR) is 132 cm³/mol. The number of rotatable bonds is 6. The number of aromatic nitrogens is 1. The minimum absolute atomic E-state index is 0.0245. The molecule has 0 saturated heterocycles. The first-order chi connectivity index (χ1) is 16.4. The van der Waals surface area contributed by atoms with Crippen molar-refractivity contribution in [3.05, 3.63) is 59.5 Å². The Morgan fingerprint density at radius 2 is 1.58 bits per heavy atom. The van der Waals surface area contributed by atoms with E-state index >= 15 is 4.39 Å². The highest BCUT2D eigenvalue weighted by Gasteiger charge is 2.35. The average Bonchev–Trinajstić information content (AvgIpc) is 3.04. The van der Waals surface area contributed by atoms with Gasteiger partial charge >= 0.3 is 6.18 Å². The minimum atomic E-state index is -4.71. The summed E-state index contributed by atoms with van der Waals surface area (Å²) in [6.45, 7) is 11.0. The molecule has 3 aromatic rings. The van der Waals surface area contributed by atoms with E-state index in [2.05, 4.69) is 4.72 Å². The van der Waals surface area contributed by atoms with Crippen LogP contribution < -0.4 is 4.72 Å². The summed E-state index contributed by atoms with van der Waals surface area (Å²) in [5, 5.41) is 0.119. The zero-order chi connectivity index (χ0) is 27.2. The fourth-order valence-electron chi connectivity index (χ4n) is 3.94. The quantitative estimate of drug-likeness (QED) is 0.322. The fourth-order valence-corrected chi connectivity index (χ4v) is 4.76. The first-order valence-electron chi connectivity index (χ1n) is 11.4. The van der Waals surface area contributed by atoms with Crippen molar-refractivity contribution < 1.29 is 30.6 Å². The Hall–Kier alpha value is -2.33. The largest absolute Gasteiger partial charge is 0.417 e. The fraction of sp³-hybridized carbons (Fsp3) is 0.462. The number of alkyl halides is 5. The normalized spacial score (nSPS) is 15.0. The summed E-state index contributed by atoms with van der Waals surface area (Å²) in [7, 11) is -1.85. The second kappa shape index (κ2) is 9.85. The molecule has 0 amide bonds. The number of nitrogens with one attached hydrogen (secondary N) is 1. The molecule has 2 atom stereocenters. The maximum absolute atomic E-state index is 15.4. The number of benzene rings is 2. The molecule has 0 aliphatic rings. The van der Waals surface area contributed by atoms with Crippen molar-refractivity contribution in [2.45, 2.75) is 71.5 Å². The van der Waals surface area contributed by atoms with E-state index < -0.39 is 45.8 Å². The van der Waals surface area contributed by atoms with Crippen molar-refractivity contribution in [1.29, 1.82) is 0 Å². The summed E-state index contributed by atoms with van der Waals surface area (Å²) in [6.07, 6.45) is -6.24. The Balaban J connectivity index is 2.29. The lowest BCUT2D eigenvalue weighted by Crippen LogP contribution is -2.38. The van der Waals surface area contributed by atoms with E-state index in [-0.39, 0.29) is 27.5 Å². The Kier molecular flexibility index (Phi) is 7.73. The van der Waals surface area contributed by atoms with Crippen LogP contribution in [0.25, 0.3) is 22.0 Å². The third kappa shape index (κ3) is 6.14. The number of hydrogen-bond acceptors (Lipinski definition) is 1. The number of nitrogens with zero attached hydrogens (tertiary/aromatic N) is 1. The van der Waals surface area contributed by atoms with Gasteiger partial charge in [0.2, 0.25) is 0 Å². The molecule has 198 valence electrons. The molecule has 0 radical (unpaired) electrons. The van der Waals surface area contributed by atoms with E-state index in [1.54, 1.807) is 25.3 Å². The highest BCUT2D eigenvalue weighted by Crippen LogP contribution is 2.41. The van der Waals surface area contributed by atoms with Crippen LogP contribution in [0.1, 0.15) is 58.7 Å². The molecule has 36 heavy (non-hydrogen) atoms. The van der Waals surface area contributed by atoms with E-state index in [1.807, 2.05) is 20.8 Å². The Bertz CT molecular complexity index is 1270. The zero-order valence-electron chi connectivity index (χ0n) is 20.9. The van der Waals surface area contributed by atoms with Crippen LogP contribution in [0.4, 0.5) is 26.3 Å². The summed E-state index contributed by atoms with van der Waals surface area (Å²) in [5.41, 5.74) is -1.62. The van der Waals surface area contributed by atoms with Gasteiger partial charge in [-0.1, -0.05) is 39.0 Å². The van der Waals surface area contributed by atoms with Gasteiger partial charge in [0.05, 0.1) is 21.3 Å². The molecule has 0 fully saturated rings. The van der Waals surface area contributed by atoms with Gasteiger partial charge in [0.15, 0.2) is 0 Å². The van der Waals surface area contributed by atoms with Crippen LogP contribution in [-0.2, 0) is 23.7 Å². The summed E-state index contributed by atoms with van der Waals surface area (Å²) >= 11 is 0. The molecule has 1 N–H and O–H groups in total. The van der Waals surface area contributed by atoms with Gasteiger partial charge in [-0.05, 0) is 49.9 Å². The summed E-state index contributed by atoms with van der Waals surface area (Å²) in [5.74, 6) is -0.973. The first kappa shape index (κ1) is 28.2. The molecule has 3 rings (SSSR count). The molecular formula is C26H30F6N2OS. The van der Waals surface area contributed by atoms with Gasteiger partial charge in [-0.3, -0.25) is 0 Å². The lowest BCUT2D eigenvalue weighted by atomic mass is 9.95. The molecule has 0 aliphatic heterocycles. The van der Waals surface area contributed by atoms with Crippen molar-refractivity contribution in [1.82, 2.24) is 9.29 Å². The average molecular weight is 533 g/mol. The molecule has 1 unspecified atom stereocenters. The van der Waals surface area contributed by atoms with Crippen molar-refractivity contribution in [2.75, 3.05) is 0 Å². The molecule has 1 aromatic heterocycles. The van der Waals surface area contributed by atoms with E-state index in [1.165, 1.54) is 30.5 Å². The van der Waals surface area contributed by atoms with E-state index in [4.69, 9.17) is 0 Å². The van der Waals surface area contributed by atoms with E-state index in [9.17, 15) is 26.2 Å². The first-order valence-corrected chi connectivity index (χ1v) is 12.5. The molecule has 0 spiro atoms. The highest BCUT2D eigenvalue weighted by atomic mass is 32.2. The predicted octanol–water partition coefficient (Wildman–Crippen LogP) is 7.87. The van der Waals surface area contributed by atoms with Crippen molar-refractivity contribution in [3.8, 4) is 11.1 Å². The van der Waals surface area contributed by atoms with Gasteiger partial charge in [-0.2, -0.15) is 13.2 Å². The Morgan fingerprint density at radius 3 is 2.11 bits per heavy atom. The van der Waals surface area contributed by atoms with Crippen LogP contribution in [0, 0.1) is 11.2 Å². The summed E-state index contributed by atoms with van der Waals surface area (Å²) in [4.78, 5) is 0. The standard InChI is InChI=1S/C26H30F6N2OS/c1-24(2,3)14-34-13-18(22(23(28)29)33-36(35)25(4,5)6)17-11-20(27)16(12-21(17)34)15-9-7-8-10-19(15)26(30,31)32/h7-13,22-23,33H,14H2,1-6H3/t22-,36?/m0/s1. The van der Waals surface area contributed by atoms with Crippen molar-refractivity contribution >= 4 is 21.9 Å². The molecule has 0 bridgehead atoms. The zero-order valence-corrected chi connectivity index (χ0v) is 21.8. The van der Waals surface area contributed by atoms with Crippen molar-refractivity contribution in [2.24, 2.45) is 5.41 Å². The molecule has 3 nitrogen and oxygen atoms in total. The lowest BCUT2D eigenvalue weighted by molar-refractivity contribution is -0.137. The monoisotopic (exact) mass is 532 g/mol. The minimum Gasteiger partial charge on any atom is -0.347 e. The van der Waals surface area contributed by atoms with Crippen LogP contribution in [0.2, 0.25) is 0 Å². The second-order valence-corrected chi connectivity index (χ2v) is 13.0. The smallest absolute Gasteiger partial charge is 0.347 e. The highest BCUT2D eigenvalue weighted by molar-refractivity contribution is 7.84. The number of hydrogen-bond donors (Lipinski definition) is 1. The van der Waals surface area contributed by atoms with E-state index in [0.717, 1.165) is 12.1 Å². The maximum atomic E-state index is 15.4. The number of halogens is 6. The maximum Gasteiger partial charge on any atom is 0.417 e. The number of fused-ring (bicyclic) bond motifs is 1. The third-order valence-corrected chi connectivity index (χ3v) is 7.13. The Morgan fingerprint density at radius 1 is 0.972 bits per heavy atom. The van der Waals surface area contributed by atoms with E-state index in [0.29, 0.717) is 12.1 Å². The molecular weight excluding hydrogens is 502 g/mol. The molecule has 0 aliphatic carbocycles. The van der Waals surface area contributed by atoms with Crippen molar-refractivity contribution in [3.63, 3.8) is 0 Å². The van der Waals surface area contributed by atoms with Gasteiger partial charge in [0, 0.05) is 34.8 Å². The van der Waals surface area contributed by atoms with Gasteiger partial charge < -0.3 is 4.57 Å². The molecule has 0 saturated carbocycles. The topological polar surface area (TPSA) is 34.0 Å². The lowest BCUT2D eigenvalue weighted by Gasteiger charge is -2.24. The van der Waals surface area contributed by atoms with Crippen LogP contribution in [-0.4, -0.2) is 19.9 Å². The van der Waals surface area contributed by atoms with Gasteiger partial charge in [-0.25, -0.2) is 22.1 Å². The van der Waals surface area contributed by atoms with Crippen LogP contribution in [0.15, 0.2) is 42.6 Å². The van der Waals surface area contributed by atoms with Crippen LogP contribution in [0.5, 0.6) is 0 Å². The third-order valence-electron chi connectivity index (χ3n) is 5.55.